The van der Waals surface area contributed by atoms with Gasteiger partial charge in [-0.2, -0.15) is 0 Å². The molecule has 0 fully saturated rings. The molecule has 0 rings (SSSR count). The molecule has 1 N–H and O–H groups in total. The fourth-order valence-electron chi connectivity index (χ4n) is 1.31. The summed E-state index contributed by atoms with van der Waals surface area (Å²) in [6, 6.07) is 0. The van der Waals surface area contributed by atoms with E-state index in [9.17, 15) is 4.57 Å². The van der Waals surface area contributed by atoms with Gasteiger partial charge < -0.3 is 4.52 Å². The van der Waals surface area contributed by atoms with Crippen molar-refractivity contribution < 1.29 is 9.09 Å². The van der Waals surface area contributed by atoms with Crippen molar-refractivity contribution in [1.82, 2.24) is 9.76 Å². The minimum Gasteiger partial charge on any atom is -0.306 e. The van der Waals surface area contributed by atoms with Crippen LogP contribution in [-0.4, -0.2) is 42.7 Å². The molecule has 0 bridgehead atoms. The molecule has 0 aliphatic rings. The van der Waals surface area contributed by atoms with Crippen LogP contribution < -0.4 is 5.09 Å². The maximum Gasteiger partial charge on any atom is 0.343 e. The van der Waals surface area contributed by atoms with Crippen LogP contribution >= 0.6 is 30.9 Å². The lowest BCUT2D eigenvalue weighted by atomic mass is 10.5. The Morgan fingerprint density at radius 3 is 2.44 bits per heavy atom. The summed E-state index contributed by atoms with van der Waals surface area (Å²) in [6.07, 6.45) is 3.27. The Morgan fingerprint density at radius 2 is 2.00 bits per heavy atom. The summed E-state index contributed by atoms with van der Waals surface area (Å²) < 4.78 is 20.0. The van der Waals surface area contributed by atoms with E-state index in [4.69, 9.17) is 27.7 Å². The molecule has 0 aliphatic carbocycles. The quantitative estimate of drug-likeness (QED) is 0.259. The van der Waals surface area contributed by atoms with Crippen LogP contribution in [0.4, 0.5) is 0 Å². The molecule has 0 aliphatic heterocycles. The van der Waals surface area contributed by atoms with E-state index < -0.39 is 7.67 Å². The molecule has 0 heterocycles. The molecule has 0 aromatic heterocycles. The van der Waals surface area contributed by atoms with Crippen molar-refractivity contribution in [3.05, 3.63) is 12.7 Å². The van der Waals surface area contributed by atoms with Gasteiger partial charge in [0, 0.05) is 31.4 Å². The maximum atomic E-state index is 12.8. The lowest BCUT2D eigenvalue weighted by molar-refractivity contribution is 0.261. The highest BCUT2D eigenvalue weighted by Gasteiger charge is 2.30. The normalized spacial score (nSPS) is 14.7. The molecular weight excluding hydrogens is 294 g/mol. The molecule has 0 saturated carbocycles. The highest BCUT2D eigenvalue weighted by molar-refractivity contribution is 7.54. The summed E-state index contributed by atoms with van der Waals surface area (Å²) in [5, 5.41) is 2.98. The Labute approximate surface area is 120 Å². The smallest absolute Gasteiger partial charge is 0.306 e. The van der Waals surface area contributed by atoms with Crippen LogP contribution in [0, 0.1) is 0 Å². The Kier molecular flexibility index (Phi) is 11.5. The summed E-state index contributed by atoms with van der Waals surface area (Å²) in [5.41, 5.74) is 0. The van der Waals surface area contributed by atoms with Crippen LogP contribution in [0.25, 0.3) is 0 Å². The molecule has 0 saturated heterocycles. The number of hydrogen-bond acceptors (Lipinski definition) is 2. The zero-order chi connectivity index (χ0) is 13.9. The van der Waals surface area contributed by atoms with Gasteiger partial charge in [-0.1, -0.05) is 13.0 Å². The van der Waals surface area contributed by atoms with E-state index in [1.165, 1.54) is 0 Å². The van der Waals surface area contributed by atoms with Crippen LogP contribution in [0.3, 0.4) is 0 Å². The molecule has 18 heavy (non-hydrogen) atoms. The summed E-state index contributed by atoms with van der Waals surface area (Å²) in [7, 11) is -3.04. The first kappa shape index (κ1) is 18.4. The van der Waals surface area contributed by atoms with Gasteiger partial charge in [0.15, 0.2) is 0 Å². The van der Waals surface area contributed by atoms with Crippen molar-refractivity contribution in [2.75, 3.05) is 38.0 Å². The number of hydrogen-bond donors (Lipinski definition) is 1. The second-order valence-corrected chi connectivity index (χ2v) is 6.61. The summed E-state index contributed by atoms with van der Waals surface area (Å²) >= 11 is 11.5. The van der Waals surface area contributed by atoms with Gasteiger partial charge in [-0.25, -0.2) is 9.76 Å². The Bertz CT molecular complexity index is 261. The molecular formula is C11H23Cl2N2O2P. The average Bonchev–Trinajstić information content (AvgIpc) is 2.36. The van der Waals surface area contributed by atoms with E-state index in [-0.39, 0.29) is 0 Å². The van der Waals surface area contributed by atoms with Crippen LogP contribution in [0.5, 0.6) is 0 Å². The molecule has 7 heteroatoms. The fraction of sp³-hybridized carbons (Fsp3) is 0.818. The number of alkyl halides is 2. The minimum atomic E-state index is -3.04. The van der Waals surface area contributed by atoms with Crippen LogP contribution in [0.15, 0.2) is 12.7 Å². The second kappa shape index (κ2) is 11.3. The third-order valence-electron chi connectivity index (χ3n) is 2.21. The predicted octanol–water partition coefficient (Wildman–Crippen LogP) is 3.47. The van der Waals surface area contributed by atoms with Crippen molar-refractivity contribution in [2.24, 2.45) is 0 Å². The van der Waals surface area contributed by atoms with Gasteiger partial charge >= 0.3 is 7.67 Å². The predicted molar refractivity (Wildman–Crippen MR) is 79.7 cm³/mol. The number of nitrogens with one attached hydrogen (secondary N) is 1. The lowest BCUT2D eigenvalue weighted by Crippen LogP contribution is -2.33. The first-order chi connectivity index (χ1) is 8.64. The summed E-state index contributed by atoms with van der Waals surface area (Å²) in [4.78, 5) is 0. The zero-order valence-electron chi connectivity index (χ0n) is 10.9. The van der Waals surface area contributed by atoms with E-state index in [0.717, 1.165) is 6.42 Å². The van der Waals surface area contributed by atoms with E-state index in [0.29, 0.717) is 44.4 Å². The molecule has 1 unspecified atom stereocenters. The first-order valence-corrected chi connectivity index (χ1v) is 8.77. The van der Waals surface area contributed by atoms with E-state index in [1.54, 1.807) is 10.7 Å². The molecule has 4 nitrogen and oxygen atoms in total. The first-order valence-electron chi connectivity index (χ1n) is 6.12. The van der Waals surface area contributed by atoms with Crippen molar-refractivity contribution in [2.45, 2.75) is 19.8 Å². The summed E-state index contributed by atoms with van der Waals surface area (Å²) in [6.45, 7) is 7.59. The molecule has 1 atom stereocenters. The van der Waals surface area contributed by atoms with Crippen LogP contribution in [-0.2, 0) is 9.09 Å². The van der Waals surface area contributed by atoms with Gasteiger partial charge in [-0.3, -0.25) is 4.57 Å². The van der Waals surface area contributed by atoms with Gasteiger partial charge in [-0.05, 0) is 12.8 Å². The highest BCUT2D eigenvalue weighted by atomic mass is 35.5. The lowest BCUT2D eigenvalue weighted by Gasteiger charge is -2.30. The van der Waals surface area contributed by atoms with Gasteiger partial charge in [0.2, 0.25) is 0 Å². The average molecular weight is 317 g/mol. The van der Waals surface area contributed by atoms with E-state index >= 15 is 0 Å². The van der Waals surface area contributed by atoms with Gasteiger partial charge in [0.1, 0.15) is 0 Å². The molecule has 108 valence electrons. The zero-order valence-corrected chi connectivity index (χ0v) is 13.3. The Balaban J connectivity index is 4.65. The third-order valence-corrected chi connectivity index (χ3v) is 4.85. The molecule has 0 aromatic rings. The molecule has 0 radical (unpaired) electrons. The number of rotatable bonds is 12. The maximum absolute atomic E-state index is 12.8. The molecule has 0 spiro atoms. The second-order valence-electron chi connectivity index (χ2n) is 3.67. The Hall–Kier alpha value is 0.430. The van der Waals surface area contributed by atoms with Gasteiger partial charge in [0.05, 0.1) is 6.61 Å². The van der Waals surface area contributed by atoms with E-state index in [2.05, 4.69) is 11.7 Å². The van der Waals surface area contributed by atoms with Crippen molar-refractivity contribution in [3.63, 3.8) is 0 Å². The number of halogens is 2. The van der Waals surface area contributed by atoms with Crippen molar-refractivity contribution in [1.29, 1.82) is 0 Å². The monoisotopic (exact) mass is 316 g/mol. The van der Waals surface area contributed by atoms with E-state index in [1.807, 2.05) is 6.92 Å². The highest BCUT2D eigenvalue weighted by Crippen LogP contribution is 2.46. The molecule has 0 amide bonds. The van der Waals surface area contributed by atoms with Crippen molar-refractivity contribution >= 4 is 30.9 Å². The van der Waals surface area contributed by atoms with Crippen LogP contribution in [0.2, 0.25) is 0 Å². The van der Waals surface area contributed by atoms with Crippen LogP contribution in [0.1, 0.15) is 19.8 Å². The topological polar surface area (TPSA) is 41.6 Å². The fourth-order valence-corrected chi connectivity index (χ4v) is 3.99. The SMILES string of the molecule is C=CCCOP(=O)(NCCC)N(CCCl)CCCl. The minimum absolute atomic E-state index is 0.374. The standard InChI is InChI=1S/C11H23Cl2N2O2P/c1-3-5-11-17-18(16,14-8-4-2)15(9-6-12)10-7-13/h3H,1,4-11H2,2H3,(H,14,16). The van der Waals surface area contributed by atoms with Crippen molar-refractivity contribution in [3.8, 4) is 0 Å². The Morgan fingerprint density at radius 1 is 1.39 bits per heavy atom. The summed E-state index contributed by atoms with van der Waals surface area (Å²) in [5.74, 6) is 0.777. The molecule has 0 aromatic carbocycles. The largest absolute Gasteiger partial charge is 0.343 e. The number of nitrogens with zero attached hydrogens (tertiary/aromatic N) is 1. The van der Waals surface area contributed by atoms with Gasteiger partial charge in [0.25, 0.3) is 0 Å². The van der Waals surface area contributed by atoms with Gasteiger partial charge in [-0.15, -0.1) is 29.8 Å². The third kappa shape index (κ3) is 7.13.